The van der Waals surface area contributed by atoms with Crippen LogP contribution in [-0.2, 0) is 19.1 Å². The molecule has 0 unspecified atom stereocenters. The Morgan fingerprint density at radius 2 is 1.73 bits per heavy atom. The third-order valence-electron chi connectivity index (χ3n) is 0.907. The normalized spacial score (nSPS) is 18.1. The van der Waals surface area contributed by atoms with Crippen LogP contribution in [0.1, 0.15) is 0 Å². The van der Waals surface area contributed by atoms with Gasteiger partial charge in [0, 0.05) is 12.2 Å². The highest BCUT2D eigenvalue weighted by molar-refractivity contribution is 5.93. The fourth-order valence-electron chi connectivity index (χ4n) is 0.502. The molecule has 0 saturated carbocycles. The third kappa shape index (κ3) is 1.79. The van der Waals surface area contributed by atoms with E-state index >= 15 is 0 Å². The molecule has 0 bridgehead atoms. The van der Waals surface area contributed by atoms with Crippen LogP contribution in [0.3, 0.4) is 0 Å². The zero-order valence-corrected chi connectivity index (χ0v) is 5.31. The van der Waals surface area contributed by atoms with Crippen LogP contribution in [0.15, 0.2) is 12.2 Å². The Kier molecular flexibility index (Phi) is 1.88. The van der Waals surface area contributed by atoms with Gasteiger partial charge in [-0.3, -0.25) is 0 Å². The Balaban J connectivity index is 2.75. The molecule has 0 radical (unpaired) electrons. The van der Waals surface area contributed by atoms with Crippen molar-refractivity contribution in [2.24, 2.45) is 0 Å². The molecule has 0 spiro atoms. The van der Waals surface area contributed by atoms with Crippen LogP contribution in [-0.4, -0.2) is 18.2 Å². The van der Waals surface area contributed by atoms with Crippen LogP contribution < -0.4 is 0 Å². The molecule has 0 N–H and O–H groups in total. The van der Waals surface area contributed by atoms with E-state index < -0.39 is 18.2 Å². The zero-order valence-electron chi connectivity index (χ0n) is 5.31. The summed E-state index contributed by atoms with van der Waals surface area (Å²) in [4.78, 5) is 21.0. The average molecular weight is 153 g/mol. The highest BCUT2D eigenvalue weighted by Gasteiger charge is 2.18. The first kappa shape index (κ1) is 7.28. The van der Waals surface area contributed by atoms with E-state index in [1.54, 1.807) is 0 Å². The number of nitrogens with zero attached hydrogens (tertiary/aromatic N) is 1. The summed E-state index contributed by atoms with van der Waals surface area (Å²) in [5, 5.41) is 8.22. The lowest BCUT2D eigenvalue weighted by molar-refractivity contribution is -0.168. The molecule has 0 aromatic carbocycles. The van der Waals surface area contributed by atoms with Gasteiger partial charge in [0.15, 0.2) is 6.07 Å². The Labute approximate surface area is 61.8 Å². The molecule has 5 heteroatoms. The number of ether oxygens (including phenoxy) is 2. The number of esters is 2. The molecule has 56 valence electrons. The van der Waals surface area contributed by atoms with E-state index in [4.69, 9.17) is 5.26 Å². The second kappa shape index (κ2) is 2.84. The van der Waals surface area contributed by atoms with Gasteiger partial charge in [0.25, 0.3) is 0 Å². The largest absolute Gasteiger partial charge is 0.408 e. The van der Waals surface area contributed by atoms with Crippen molar-refractivity contribution in [2.45, 2.75) is 6.29 Å². The van der Waals surface area contributed by atoms with Gasteiger partial charge in [0.05, 0.1) is 0 Å². The van der Waals surface area contributed by atoms with Crippen LogP contribution in [0.5, 0.6) is 0 Å². The van der Waals surface area contributed by atoms with E-state index in [2.05, 4.69) is 9.47 Å². The Morgan fingerprint density at radius 3 is 2.09 bits per heavy atom. The Hall–Kier alpha value is -1.83. The molecule has 1 rings (SSSR count). The summed E-state index contributed by atoms with van der Waals surface area (Å²) in [6, 6.07) is 1.48. The van der Waals surface area contributed by atoms with Crippen molar-refractivity contribution in [1.82, 2.24) is 0 Å². The molecular formula is C6H3NO4. The van der Waals surface area contributed by atoms with Gasteiger partial charge >= 0.3 is 18.2 Å². The smallest absolute Gasteiger partial charge is 0.336 e. The molecule has 0 fully saturated rings. The molecule has 5 nitrogen and oxygen atoms in total. The molecule has 0 aliphatic carbocycles. The molecule has 0 atom stereocenters. The van der Waals surface area contributed by atoms with E-state index in [0.717, 1.165) is 12.2 Å². The lowest BCUT2D eigenvalue weighted by atomic mass is 10.5. The van der Waals surface area contributed by atoms with Gasteiger partial charge in [0.2, 0.25) is 0 Å². The number of hydrogen-bond acceptors (Lipinski definition) is 5. The fourth-order valence-corrected chi connectivity index (χ4v) is 0.502. The van der Waals surface area contributed by atoms with Crippen molar-refractivity contribution in [3.63, 3.8) is 0 Å². The second-order valence-corrected chi connectivity index (χ2v) is 1.67. The summed E-state index contributed by atoms with van der Waals surface area (Å²) in [5.41, 5.74) is 0. The monoisotopic (exact) mass is 153 g/mol. The summed E-state index contributed by atoms with van der Waals surface area (Å²) >= 11 is 0. The first-order valence-electron chi connectivity index (χ1n) is 2.71. The maximum absolute atomic E-state index is 10.5. The topological polar surface area (TPSA) is 76.4 Å². The predicted molar refractivity (Wildman–Crippen MR) is 30.7 cm³/mol. The molecule has 0 aromatic heterocycles. The third-order valence-corrected chi connectivity index (χ3v) is 0.907. The zero-order chi connectivity index (χ0) is 8.27. The molecule has 1 heterocycles. The molecule has 1 aliphatic heterocycles. The lowest BCUT2D eigenvalue weighted by Crippen LogP contribution is -2.18. The minimum absolute atomic E-state index is 0.762. The minimum atomic E-state index is -1.43. The van der Waals surface area contributed by atoms with Crippen molar-refractivity contribution >= 4 is 11.9 Å². The predicted octanol–water partition coefficient (Wildman–Crippen LogP) is -0.508. The Bertz CT molecular complexity index is 242. The molecule has 0 saturated heterocycles. The van der Waals surface area contributed by atoms with E-state index in [1.807, 2.05) is 0 Å². The van der Waals surface area contributed by atoms with E-state index in [0.29, 0.717) is 0 Å². The van der Waals surface area contributed by atoms with E-state index in [1.165, 1.54) is 6.07 Å². The average Bonchev–Trinajstić information content (AvgIpc) is 2.13. The summed E-state index contributed by atoms with van der Waals surface area (Å²) in [6.45, 7) is 0. The second-order valence-electron chi connectivity index (χ2n) is 1.67. The maximum atomic E-state index is 10.5. The van der Waals surface area contributed by atoms with Gasteiger partial charge in [0.1, 0.15) is 0 Å². The van der Waals surface area contributed by atoms with Gasteiger partial charge in [-0.05, 0) is 0 Å². The summed E-state index contributed by atoms with van der Waals surface area (Å²) in [7, 11) is 0. The first-order valence-corrected chi connectivity index (χ1v) is 2.71. The summed E-state index contributed by atoms with van der Waals surface area (Å²) in [6.07, 6.45) is 0.379. The quantitative estimate of drug-likeness (QED) is 0.438. The van der Waals surface area contributed by atoms with Crippen LogP contribution in [0, 0.1) is 11.3 Å². The summed E-state index contributed by atoms with van der Waals surface area (Å²) < 4.78 is 8.60. The van der Waals surface area contributed by atoms with Crippen molar-refractivity contribution in [2.75, 3.05) is 0 Å². The van der Waals surface area contributed by atoms with E-state index in [9.17, 15) is 9.59 Å². The van der Waals surface area contributed by atoms with E-state index in [-0.39, 0.29) is 0 Å². The standard InChI is InChI=1S/C6H3NO4/c7-3-6-10-4(8)1-2-5(9)11-6/h1-2,6H. The van der Waals surface area contributed by atoms with Crippen molar-refractivity contribution in [3.05, 3.63) is 12.2 Å². The number of carbonyl (C=O) groups is 2. The van der Waals surface area contributed by atoms with Gasteiger partial charge in [-0.15, -0.1) is 0 Å². The number of rotatable bonds is 0. The molecule has 1 aliphatic rings. The number of cyclic esters (lactones) is 2. The van der Waals surface area contributed by atoms with Crippen LogP contribution in [0.2, 0.25) is 0 Å². The van der Waals surface area contributed by atoms with Crippen molar-refractivity contribution in [3.8, 4) is 6.07 Å². The van der Waals surface area contributed by atoms with Gasteiger partial charge in [-0.1, -0.05) is 0 Å². The van der Waals surface area contributed by atoms with Gasteiger partial charge in [-0.25, -0.2) is 9.59 Å². The van der Waals surface area contributed by atoms with Crippen molar-refractivity contribution < 1.29 is 19.1 Å². The van der Waals surface area contributed by atoms with Crippen LogP contribution in [0.4, 0.5) is 0 Å². The molecule has 0 amide bonds. The number of nitriles is 1. The number of carbonyl (C=O) groups excluding carboxylic acids is 2. The van der Waals surface area contributed by atoms with Crippen LogP contribution >= 0.6 is 0 Å². The Morgan fingerprint density at radius 1 is 1.27 bits per heavy atom. The highest BCUT2D eigenvalue weighted by Crippen LogP contribution is 2.00. The highest BCUT2D eigenvalue weighted by atomic mass is 16.7. The first-order chi connectivity index (χ1) is 5.22. The van der Waals surface area contributed by atoms with Gasteiger partial charge < -0.3 is 9.47 Å². The van der Waals surface area contributed by atoms with Crippen LogP contribution in [0.25, 0.3) is 0 Å². The van der Waals surface area contributed by atoms with Gasteiger partial charge in [-0.2, -0.15) is 5.26 Å². The minimum Gasteiger partial charge on any atom is -0.408 e. The summed E-state index contributed by atoms with van der Waals surface area (Å²) in [5.74, 6) is -1.52. The molecular weight excluding hydrogens is 150 g/mol. The fraction of sp³-hybridized carbons (Fsp3) is 0.167. The lowest BCUT2D eigenvalue weighted by Gasteiger charge is -2.04. The maximum Gasteiger partial charge on any atom is 0.336 e. The van der Waals surface area contributed by atoms with Crippen molar-refractivity contribution in [1.29, 1.82) is 5.26 Å². The molecule has 0 aromatic rings. The number of hydrogen-bond donors (Lipinski definition) is 0. The molecule has 11 heavy (non-hydrogen) atoms. The SMILES string of the molecule is N#CC1OC(=O)C=CC(=O)O1.